The van der Waals surface area contributed by atoms with Gasteiger partial charge in [0.2, 0.25) is 0 Å². The first kappa shape index (κ1) is 12.4. The highest BCUT2D eigenvalue weighted by Crippen LogP contribution is 2.19. The normalized spacial score (nSPS) is 11.3. The van der Waals surface area contributed by atoms with Gasteiger partial charge < -0.3 is 5.11 Å². The Morgan fingerprint density at radius 1 is 1.62 bits per heavy atom. The fourth-order valence-corrected chi connectivity index (χ4v) is 1.28. The highest BCUT2D eigenvalue weighted by molar-refractivity contribution is 6.31. The Labute approximate surface area is 98.3 Å². The van der Waals surface area contributed by atoms with Crippen molar-refractivity contribution in [2.75, 3.05) is 19.0 Å². The predicted octanol–water partition coefficient (Wildman–Crippen LogP) is 2.15. The molecule has 0 aliphatic heterocycles. The van der Waals surface area contributed by atoms with Crippen molar-refractivity contribution in [2.45, 2.75) is 6.92 Å². The molecule has 86 valence electrons. The zero-order valence-electron chi connectivity index (χ0n) is 9.07. The molecule has 1 rings (SSSR count). The van der Waals surface area contributed by atoms with E-state index in [1.807, 2.05) is 13.0 Å². The molecule has 0 amide bonds. The van der Waals surface area contributed by atoms with Crippen LogP contribution in [0.15, 0.2) is 23.3 Å². The first-order valence-corrected chi connectivity index (χ1v) is 5.02. The van der Waals surface area contributed by atoms with E-state index in [9.17, 15) is 4.79 Å². The van der Waals surface area contributed by atoms with E-state index in [0.29, 0.717) is 10.7 Å². The molecule has 0 bridgehead atoms. The van der Waals surface area contributed by atoms with Crippen LogP contribution in [0.4, 0.5) is 5.69 Å². The lowest BCUT2D eigenvalue weighted by atomic mass is 10.2. The van der Waals surface area contributed by atoms with Crippen LogP contribution in [0.5, 0.6) is 0 Å². The van der Waals surface area contributed by atoms with Crippen LogP contribution in [-0.4, -0.2) is 29.5 Å². The van der Waals surface area contributed by atoms with Crippen LogP contribution in [0.3, 0.4) is 0 Å². The fraction of sp³-hybridized carbons (Fsp3) is 0.300. The second kappa shape index (κ2) is 5.46. The number of azo groups is 1. The van der Waals surface area contributed by atoms with Gasteiger partial charge in [-0.3, -0.25) is 0 Å². The van der Waals surface area contributed by atoms with E-state index < -0.39 is 5.97 Å². The minimum atomic E-state index is -0.962. The smallest absolute Gasteiger partial charge is 0.375 e. The number of carbonyl (C=O) groups is 1. The van der Waals surface area contributed by atoms with E-state index in [4.69, 9.17) is 16.7 Å². The lowest BCUT2D eigenvalue weighted by molar-refractivity contribution is -0.554. The molecule has 0 saturated carbocycles. The monoisotopic (exact) mass is 242 g/mol. The second-order valence-corrected chi connectivity index (χ2v) is 3.63. The molecule has 0 aliphatic carbocycles. The van der Waals surface area contributed by atoms with Crippen LogP contribution in [-0.2, 0) is 4.79 Å². The van der Waals surface area contributed by atoms with Crippen LogP contribution < -0.4 is 5.43 Å². The van der Waals surface area contributed by atoms with Crippen LogP contribution >= 0.6 is 11.6 Å². The second-order valence-electron chi connectivity index (χ2n) is 3.23. The molecule has 0 aliphatic rings. The summed E-state index contributed by atoms with van der Waals surface area (Å²) in [5, 5.41) is 13.0. The maximum Gasteiger partial charge on any atom is 0.375 e. The van der Waals surface area contributed by atoms with Gasteiger partial charge in [-0.25, -0.2) is 4.79 Å². The van der Waals surface area contributed by atoms with Crippen molar-refractivity contribution in [3.63, 3.8) is 0 Å². The number of rotatable bonds is 4. The number of benzene rings is 1. The number of carboxylic acids is 1. The molecule has 0 aromatic heterocycles. The summed E-state index contributed by atoms with van der Waals surface area (Å²) < 4.78 is 0. The first-order chi connectivity index (χ1) is 7.52. The van der Waals surface area contributed by atoms with Crippen molar-refractivity contribution in [1.82, 2.24) is 0 Å². The van der Waals surface area contributed by atoms with Crippen LogP contribution in [0.1, 0.15) is 5.56 Å². The molecule has 0 saturated heterocycles. The van der Waals surface area contributed by atoms with Gasteiger partial charge in [0.1, 0.15) is 0 Å². The number of carboxylic acid groups (broad SMARTS) is 1. The lowest BCUT2D eigenvalue weighted by Gasteiger charge is -2.03. The lowest BCUT2D eigenvalue weighted by Crippen LogP contribution is -2.24. The predicted molar refractivity (Wildman–Crippen MR) is 60.9 cm³/mol. The van der Waals surface area contributed by atoms with Crippen molar-refractivity contribution >= 4 is 23.3 Å². The number of nitrogens with one attached hydrogen (secondary N) is 1. The van der Waals surface area contributed by atoms with Gasteiger partial charge in [0.25, 0.3) is 6.54 Å². The average molecular weight is 243 g/mol. The van der Waals surface area contributed by atoms with Gasteiger partial charge in [-0.1, -0.05) is 17.7 Å². The molecule has 0 unspecified atom stereocenters. The zero-order chi connectivity index (χ0) is 12.1. The molecule has 6 heteroatoms. The zero-order valence-corrected chi connectivity index (χ0v) is 9.82. The summed E-state index contributed by atoms with van der Waals surface area (Å²) >= 11 is 5.94. The Morgan fingerprint density at radius 2 is 2.31 bits per heavy atom. The van der Waals surface area contributed by atoms with Gasteiger partial charge in [-0.2, -0.15) is 0 Å². The molecule has 0 fully saturated rings. The standard InChI is InChI=1S/C10H12ClN3O2/c1-7-3-4-8(5-9(7)11)13-14(12-2)6-10(15)16/h3-5H,6H2,1-2H3,(H-,12,13,15,16)/p+1. The van der Waals surface area contributed by atoms with Crippen molar-refractivity contribution in [1.29, 1.82) is 0 Å². The number of hydrazine groups is 1. The number of halogens is 1. The van der Waals surface area contributed by atoms with Crippen molar-refractivity contribution in [2.24, 2.45) is 5.11 Å². The Morgan fingerprint density at radius 3 is 2.81 bits per heavy atom. The minimum absolute atomic E-state index is 0.220. The third kappa shape index (κ3) is 3.51. The van der Waals surface area contributed by atoms with E-state index in [2.05, 4.69) is 10.5 Å². The summed E-state index contributed by atoms with van der Waals surface area (Å²) in [6, 6.07) is 5.37. The van der Waals surface area contributed by atoms with Crippen LogP contribution in [0, 0.1) is 6.92 Å². The van der Waals surface area contributed by atoms with E-state index in [0.717, 1.165) is 5.56 Å². The summed E-state index contributed by atoms with van der Waals surface area (Å²) in [4.78, 5) is 11.7. The third-order valence-electron chi connectivity index (χ3n) is 1.96. The molecule has 0 heterocycles. The highest BCUT2D eigenvalue weighted by Gasteiger charge is 2.12. The Bertz CT molecular complexity index is 432. The number of aliphatic carboxylic acids is 1. The van der Waals surface area contributed by atoms with Crippen molar-refractivity contribution in [3.8, 4) is 0 Å². The number of nitrogens with zero attached hydrogens (tertiary/aromatic N) is 2. The molecule has 0 spiro atoms. The first-order valence-electron chi connectivity index (χ1n) is 4.65. The number of aryl methyl sites for hydroxylation is 1. The summed E-state index contributed by atoms with van der Waals surface area (Å²) in [6.45, 7) is 1.67. The fourth-order valence-electron chi connectivity index (χ4n) is 1.10. The average Bonchev–Trinajstić information content (AvgIpc) is 2.22. The number of hydrogen-bond donors (Lipinski definition) is 2. The SMILES string of the molecule is CN=[N+](CC(=O)O)Nc1ccc(C)c(Cl)c1. The molecular formula is C10H13ClN3O2+. The van der Waals surface area contributed by atoms with Gasteiger partial charge in [0, 0.05) is 9.83 Å². The molecule has 2 N–H and O–H groups in total. The van der Waals surface area contributed by atoms with Gasteiger partial charge >= 0.3 is 5.97 Å². The Kier molecular flexibility index (Phi) is 4.25. The molecule has 5 nitrogen and oxygen atoms in total. The van der Waals surface area contributed by atoms with Gasteiger partial charge in [-0.15, -0.1) is 5.43 Å². The quantitative estimate of drug-likeness (QED) is 0.483. The Hall–Kier alpha value is -1.62. The summed E-state index contributed by atoms with van der Waals surface area (Å²) in [5.41, 5.74) is 4.49. The van der Waals surface area contributed by atoms with E-state index >= 15 is 0 Å². The van der Waals surface area contributed by atoms with E-state index in [-0.39, 0.29) is 6.54 Å². The molecule has 1 aromatic carbocycles. The Balaban J connectivity index is 2.79. The van der Waals surface area contributed by atoms with Gasteiger partial charge in [-0.05, 0) is 29.7 Å². The topological polar surface area (TPSA) is 64.7 Å². The molecule has 0 radical (unpaired) electrons. The van der Waals surface area contributed by atoms with Crippen LogP contribution in [0.2, 0.25) is 5.02 Å². The summed E-state index contributed by atoms with van der Waals surface area (Å²) in [7, 11) is 1.51. The van der Waals surface area contributed by atoms with Crippen molar-refractivity contribution in [3.05, 3.63) is 28.8 Å². The number of anilines is 1. The largest absolute Gasteiger partial charge is 0.476 e. The van der Waals surface area contributed by atoms with Gasteiger partial charge in [0.15, 0.2) is 0 Å². The summed E-state index contributed by atoms with van der Waals surface area (Å²) in [5.74, 6) is -0.962. The molecule has 1 aromatic rings. The van der Waals surface area contributed by atoms with Crippen molar-refractivity contribution < 1.29 is 14.7 Å². The minimum Gasteiger partial charge on any atom is -0.476 e. The van der Waals surface area contributed by atoms with Crippen LogP contribution in [0.25, 0.3) is 0 Å². The maximum atomic E-state index is 10.5. The van der Waals surface area contributed by atoms with E-state index in [1.165, 1.54) is 11.9 Å². The third-order valence-corrected chi connectivity index (χ3v) is 2.36. The number of hydrogen-bond acceptors (Lipinski definition) is 2. The summed E-state index contributed by atoms with van der Waals surface area (Å²) in [6.07, 6.45) is 0. The maximum absolute atomic E-state index is 10.5. The van der Waals surface area contributed by atoms with E-state index in [1.54, 1.807) is 12.1 Å². The van der Waals surface area contributed by atoms with Gasteiger partial charge in [0.05, 0.1) is 12.7 Å². The highest BCUT2D eigenvalue weighted by atomic mass is 35.5. The molecular weight excluding hydrogens is 230 g/mol. The molecule has 0 atom stereocenters. The molecule has 16 heavy (non-hydrogen) atoms.